The van der Waals surface area contributed by atoms with Gasteiger partial charge in [0, 0.05) is 0 Å². The van der Waals surface area contributed by atoms with Crippen LogP contribution in [0.4, 0.5) is 0 Å². The van der Waals surface area contributed by atoms with E-state index in [1.807, 2.05) is 30.3 Å². The normalized spacial score (nSPS) is 13.9. The Morgan fingerprint density at radius 2 is 2.00 bits per heavy atom. The third kappa shape index (κ3) is 3.23. The van der Waals surface area contributed by atoms with Gasteiger partial charge in [0.05, 0.1) is 27.4 Å². The Kier molecular flexibility index (Phi) is 4.64. The number of benzene rings is 1. The molecule has 2 atom stereocenters. The standard InChI is InChI=1S/C16H14Cl2N2O2S/c1-8(14(21)9-5-3-2-4-6-9)19-16(22)10-7-11-13(20-10)12(17)15(18)23-11/h2-8,14,20-21H,1H3,(H,19,22)/t8?,14-/m0/s1. The van der Waals surface area contributed by atoms with Crippen molar-refractivity contribution in [2.75, 3.05) is 0 Å². The van der Waals surface area contributed by atoms with Crippen molar-refractivity contribution in [1.82, 2.24) is 10.3 Å². The first-order valence-corrected chi connectivity index (χ1v) is 8.55. The van der Waals surface area contributed by atoms with Crippen LogP contribution in [0.3, 0.4) is 0 Å². The van der Waals surface area contributed by atoms with Gasteiger partial charge in [0.1, 0.15) is 10.0 Å². The second-order valence-electron chi connectivity index (χ2n) is 5.23. The Morgan fingerprint density at radius 1 is 1.30 bits per heavy atom. The molecule has 7 heteroatoms. The molecular formula is C16H14Cl2N2O2S. The highest BCUT2D eigenvalue weighted by Gasteiger charge is 2.21. The number of hydrogen-bond donors (Lipinski definition) is 3. The minimum Gasteiger partial charge on any atom is -0.386 e. The molecule has 2 aromatic heterocycles. The Labute approximate surface area is 147 Å². The predicted molar refractivity (Wildman–Crippen MR) is 94.5 cm³/mol. The van der Waals surface area contributed by atoms with Crippen molar-refractivity contribution in [3.8, 4) is 0 Å². The summed E-state index contributed by atoms with van der Waals surface area (Å²) in [5.74, 6) is -0.303. The largest absolute Gasteiger partial charge is 0.386 e. The molecule has 0 aliphatic rings. The van der Waals surface area contributed by atoms with Crippen LogP contribution < -0.4 is 5.32 Å². The summed E-state index contributed by atoms with van der Waals surface area (Å²) in [5.41, 5.74) is 1.79. The number of thiophene rings is 1. The fraction of sp³-hybridized carbons (Fsp3) is 0.188. The lowest BCUT2D eigenvalue weighted by Crippen LogP contribution is -2.37. The molecule has 0 aliphatic heterocycles. The van der Waals surface area contributed by atoms with E-state index in [1.165, 1.54) is 11.3 Å². The van der Waals surface area contributed by atoms with Crippen molar-refractivity contribution in [3.63, 3.8) is 0 Å². The maximum absolute atomic E-state index is 12.3. The molecule has 2 heterocycles. The Balaban J connectivity index is 1.74. The summed E-state index contributed by atoms with van der Waals surface area (Å²) < 4.78 is 1.31. The fourth-order valence-corrected chi connectivity index (χ4v) is 3.82. The third-order valence-electron chi connectivity index (χ3n) is 3.59. The zero-order chi connectivity index (χ0) is 16.6. The second-order valence-corrected chi connectivity index (χ2v) is 7.26. The second kappa shape index (κ2) is 6.53. The first-order valence-electron chi connectivity index (χ1n) is 6.97. The Hall–Kier alpha value is -1.53. The van der Waals surface area contributed by atoms with E-state index in [-0.39, 0.29) is 5.91 Å². The first-order chi connectivity index (χ1) is 11.0. The van der Waals surface area contributed by atoms with Crippen LogP contribution in [0.1, 0.15) is 29.1 Å². The molecule has 0 saturated heterocycles. The van der Waals surface area contributed by atoms with Gasteiger partial charge in [-0.1, -0.05) is 53.5 Å². The van der Waals surface area contributed by atoms with Crippen molar-refractivity contribution in [2.24, 2.45) is 0 Å². The van der Waals surface area contributed by atoms with E-state index >= 15 is 0 Å². The number of amides is 1. The molecule has 120 valence electrons. The van der Waals surface area contributed by atoms with Crippen LogP contribution in [-0.4, -0.2) is 22.0 Å². The SMILES string of the molecule is CC(NC(=O)c1cc2sc(Cl)c(Cl)c2[nH]1)[C@H](O)c1ccccc1. The van der Waals surface area contributed by atoms with Crippen molar-refractivity contribution < 1.29 is 9.90 Å². The molecule has 1 amide bonds. The van der Waals surface area contributed by atoms with E-state index in [9.17, 15) is 9.90 Å². The van der Waals surface area contributed by atoms with Crippen LogP contribution in [0.25, 0.3) is 10.2 Å². The lowest BCUT2D eigenvalue weighted by molar-refractivity contribution is 0.0848. The van der Waals surface area contributed by atoms with Gasteiger partial charge in [0.25, 0.3) is 5.91 Å². The number of rotatable bonds is 4. The molecule has 1 aromatic carbocycles. The maximum atomic E-state index is 12.3. The van der Waals surface area contributed by atoms with Gasteiger partial charge in [-0.3, -0.25) is 4.79 Å². The molecule has 23 heavy (non-hydrogen) atoms. The molecule has 0 saturated carbocycles. The fourth-order valence-electron chi connectivity index (χ4n) is 2.34. The number of nitrogens with one attached hydrogen (secondary N) is 2. The summed E-state index contributed by atoms with van der Waals surface area (Å²) in [5, 5.41) is 13.5. The van der Waals surface area contributed by atoms with Crippen LogP contribution in [0.2, 0.25) is 9.36 Å². The molecule has 0 fully saturated rings. The number of aromatic amines is 1. The van der Waals surface area contributed by atoms with Gasteiger partial charge in [-0.05, 0) is 18.6 Å². The Bertz CT molecular complexity index is 845. The highest BCUT2D eigenvalue weighted by Crippen LogP contribution is 2.38. The van der Waals surface area contributed by atoms with Crippen molar-refractivity contribution >= 4 is 50.7 Å². The summed E-state index contributed by atoms with van der Waals surface area (Å²) in [7, 11) is 0. The van der Waals surface area contributed by atoms with Crippen molar-refractivity contribution in [3.05, 3.63) is 57.0 Å². The predicted octanol–water partition coefficient (Wildman–Crippen LogP) is 4.39. The van der Waals surface area contributed by atoms with Gasteiger partial charge in [-0.15, -0.1) is 11.3 Å². The zero-order valence-electron chi connectivity index (χ0n) is 12.1. The zero-order valence-corrected chi connectivity index (χ0v) is 14.5. The van der Waals surface area contributed by atoms with Gasteiger partial charge in [-0.2, -0.15) is 0 Å². The van der Waals surface area contributed by atoms with E-state index in [1.54, 1.807) is 13.0 Å². The summed E-state index contributed by atoms with van der Waals surface area (Å²) in [6.45, 7) is 1.75. The van der Waals surface area contributed by atoms with Crippen LogP contribution in [0.5, 0.6) is 0 Å². The van der Waals surface area contributed by atoms with Crippen molar-refractivity contribution in [2.45, 2.75) is 19.1 Å². The summed E-state index contributed by atoms with van der Waals surface area (Å²) in [6.07, 6.45) is -0.783. The quantitative estimate of drug-likeness (QED) is 0.639. The van der Waals surface area contributed by atoms with Crippen LogP contribution in [0, 0.1) is 0 Å². The summed E-state index contributed by atoms with van der Waals surface area (Å²) in [4.78, 5) is 15.3. The number of halogens is 2. The number of carbonyl (C=O) groups is 1. The van der Waals surface area contributed by atoms with Gasteiger partial charge in [-0.25, -0.2) is 0 Å². The molecule has 3 aromatic rings. The molecule has 0 aliphatic carbocycles. The Morgan fingerprint density at radius 3 is 2.65 bits per heavy atom. The van der Waals surface area contributed by atoms with E-state index in [4.69, 9.17) is 23.2 Å². The number of aliphatic hydroxyl groups excluding tert-OH is 1. The van der Waals surface area contributed by atoms with E-state index < -0.39 is 12.1 Å². The van der Waals surface area contributed by atoms with Crippen LogP contribution in [0.15, 0.2) is 36.4 Å². The number of hydrogen-bond acceptors (Lipinski definition) is 3. The molecule has 0 bridgehead atoms. The van der Waals surface area contributed by atoms with E-state index in [0.29, 0.717) is 20.6 Å². The van der Waals surface area contributed by atoms with Gasteiger partial charge >= 0.3 is 0 Å². The molecule has 0 radical (unpaired) electrons. The molecule has 3 N–H and O–H groups in total. The first kappa shape index (κ1) is 16.3. The molecule has 0 spiro atoms. The van der Waals surface area contributed by atoms with Crippen LogP contribution >= 0.6 is 34.5 Å². The van der Waals surface area contributed by atoms with Crippen molar-refractivity contribution in [1.29, 1.82) is 0 Å². The number of fused-ring (bicyclic) bond motifs is 1. The number of carbonyl (C=O) groups excluding carboxylic acids is 1. The topological polar surface area (TPSA) is 65.1 Å². The number of aliphatic hydroxyl groups is 1. The molecule has 4 nitrogen and oxygen atoms in total. The lowest BCUT2D eigenvalue weighted by Gasteiger charge is -2.20. The average molecular weight is 369 g/mol. The van der Waals surface area contributed by atoms with Crippen LogP contribution in [-0.2, 0) is 0 Å². The van der Waals surface area contributed by atoms with E-state index in [2.05, 4.69) is 10.3 Å². The highest BCUT2D eigenvalue weighted by atomic mass is 35.5. The molecule has 3 rings (SSSR count). The summed E-state index contributed by atoms with van der Waals surface area (Å²) >= 11 is 13.3. The van der Waals surface area contributed by atoms with Gasteiger partial charge < -0.3 is 15.4 Å². The monoisotopic (exact) mass is 368 g/mol. The average Bonchev–Trinajstić information content (AvgIpc) is 3.08. The minimum absolute atomic E-state index is 0.303. The third-order valence-corrected chi connectivity index (χ3v) is 5.52. The lowest BCUT2D eigenvalue weighted by atomic mass is 10.0. The highest BCUT2D eigenvalue weighted by molar-refractivity contribution is 7.23. The van der Waals surface area contributed by atoms with E-state index in [0.717, 1.165) is 10.3 Å². The summed E-state index contributed by atoms with van der Waals surface area (Å²) in [6, 6.07) is 10.5. The number of aromatic nitrogens is 1. The van der Waals surface area contributed by atoms with Gasteiger partial charge in [0.15, 0.2) is 0 Å². The minimum atomic E-state index is -0.783. The smallest absolute Gasteiger partial charge is 0.268 e. The van der Waals surface area contributed by atoms with Gasteiger partial charge in [0.2, 0.25) is 0 Å². The molecular weight excluding hydrogens is 355 g/mol. The number of H-pyrrole nitrogens is 1. The maximum Gasteiger partial charge on any atom is 0.268 e. The molecule has 1 unspecified atom stereocenters.